The van der Waals surface area contributed by atoms with Gasteiger partial charge in [0.2, 0.25) is 0 Å². The highest BCUT2D eigenvalue weighted by Gasteiger charge is 2.52. The molecule has 24 heavy (non-hydrogen) atoms. The number of ether oxygens (including phenoxy) is 2. The molecule has 1 N–H and O–H groups in total. The van der Waals surface area contributed by atoms with E-state index < -0.39 is 18.3 Å². The monoisotopic (exact) mass is 334 g/mol. The Kier molecular flexibility index (Phi) is 6.09. The van der Waals surface area contributed by atoms with Crippen LogP contribution in [-0.4, -0.2) is 50.4 Å². The lowest BCUT2D eigenvalue weighted by Crippen LogP contribution is -2.41. The molecule has 1 aliphatic heterocycles. The fraction of sp³-hybridized carbons (Fsp3) is 0.556. The Labute approximate surface area is 144 Å². The second-order valence-corrected chi connectivity index (χ2v) is 6.88. The lowest BCUT2D eigenvalue weighted by molar-refractivity contribution is 0.00578. The molecule has 0 radical (unpaired) electrons. The largest absolute Gasteiger partial charge is 0.492 e. The van der Waals surface area contributed by atoms with Crippen LogP contribution < -0.4 is 4.74 Å². The van der Waals surface area contributed by atoms with E-state index in [1.807, 2.05) is 58.0 Å². The SMILES string of the molecule is COCCOc1ccc(C=C(CO)B2OC(C)(C)C(C)(C)O2)cc1. The minimum absolute atomic E-state index is 0.122. The first-order chi connectivity index (χ1) is 11.3. The molecule has 0 bridgehead atoms. The minimum Gasteiger partial charge on any atom is -0.491 e. The van der Waals surface area contributed by atoms with E-state index in [9.17, 15) is 5.11 Å². The third-order valence-corrected chi connectivity index (χ3v) is 4.53. The predicted molar refractivity (Wildman–Crippen MR) is 95.0 cm³/mol. The van der Waals surface area contributed by atoms with Gasteiger partial charge in [-0.3, -0.25) is 0 Å². The first kappa shape index (κ1) is 19.0. The van der Waals surface area contributed by atoms with E-state index in [0.29, 0.717) is 18.7 Å². The Bertz CT molecular complexity index is 549. The van der Waals surface area contributed by atoms with Crippen molar-refractivity contribution in [3.05, 3.63) is 35.3 Å². The zero-order valence-electron chi connectivity index (χ0n) is 15.2. The first-order valence-electron chi connectivity index (χ1n) is 8.18. The van der Waals surface area contributed by atoms with E-state index in [-0.39, 0.29) is 6.61 Å². The number of aliphatic hydroxyl groups is 1. The Balaban J connectivity index is 2.08. The Hall–Kier alpha value is -1.34. The van der Waals surface area contributed by atoms with Crippen molar-refractivity contribution in [3.8, 4) is 5.75 Å². The van der Waals surface area contributed by atoms with E-state index in [4.69, 9.17) is 18.8 Å². The van der Waals surface area contributed by atoms with Gasteiger partial charge in [0.25, 0.3) is 0 Å². The quantitative estimate of drug-likeness (QED) is 0.614. The van der Waals surface area contributed by atoms with Gasteiger partial charge in [0.05, 0.1) is 24.4 Å². The van der Waals surface area contributed by atoms with Crippen LogP contribution in [0.5, 0.6) is 5.75 Å². The van der Waals surface area contributed by atoms with Crippen molar-refractivity contribution in [2.45, 2.75) is 38.9 Å². The molecule has 6 heteroatoms. The molecular weight excluding hydrogens is 307 g/mol. The summed E-state index contributed by atoms with van der Waals surface area (Å²) in [6.07, 6.45) is 1.89. The lowest BCUT2D eigenvalue weighted by Gasteiger charge is -2.32. The number of benzene rings is 1. The van der Waals surface area contributed by atoms with Gasteiger partial charge >= 0.3 is 7.12 Å². The van der Waals surface area contributed by atoms with Gasteiger partial charge in [-0.05, 0) is 50.9 Å². The molecular formula is C18H27BO5. The van der Waals surface area contributed by atoms with Crippen molar-refractivity contribution >= 4 is 13.2 Å². The molecule has 0 aliphatic carbocycles. The average Bonchev–Trinajstić information content (AvgIpc) is 2.74. The summed E-state index contributed by atoms with van der Waals surface area (Å²) in [6.45, 7) is 8.92. The van der Waals surface area contributed by atoms with Crippen LogP contribution in [-0.2, 0) is 14.0 Å². The summed E-state index contributed by atoms with van der Waals surface area (Å²) < 4.78 is 22.5. The van der Waals surface area contributed by atoms with Crippen LogP contribution in [0, 0.1) is 0 Å². The molecule has 2 rings (SSSR count). The fourth-order valence-electron chi connectivity index (χ4n) is 2.30. The molecule has 132 valence electrons. The van der Waals surface area contributed by atoms with E-state index in [0.717, 1.165) is 11.3 Å². The maximum atomic E-state index is 9.72. The van der Waals surface area contributed by atoms with Crippen LogP contribution in [0.1, 0.15) is 33.3 Å². The number of hydrogen-bond acceptors (Lipinski definition) is 5. The molecule has 1 saturated heterocycles. The molecule has 1 fully saturated rings. The summed E-state index contributed by atoms with van der Waals surface area (Å²) in [6, 6.07) is 7.65. The Morgan fingerprint density at radius 1 is 1.08 bits per heavy atom. The molecule has 5 nitrogen and oxygen atoms in total. The molecule has 0 unspecified atom stereocenters. The van der Waals surface area contributed by atoms with E-state index in [1.165, 1.54) is 0 Å². The molecule has 1 heterocycles. The van der Waals surface area contributed by atoms with Crippen LogP contribution in [0.15, 0.2) is 29.7 Å². The minimum atomic E-state index is -0.544. The van der Waals surface area contributed by atoms with E-state index in [1.54, 1.807) is 7.11 Å². The molecule has 0 aromatic heterocycles. The summed E-state index contributed by atoms with van der Waals surface area (Å²) in [7, 11) is 1.10. The molecule has 0 amide bonds. The summed E-state index contributed by atoms with van der Waals surface area (Å²) in [5, 5.41) is 9.72. The van der Waals surface area contributed by atoms with Crippen molar-refractivity contribution in [2.24, 2.45) is 0 Å². The summed E-state index contributed by atoms with van der Waals surface area (Å²) >= 11 is 0. The highest BCUT2D eigenvalue weighted by atomic mass is 16.7. The van der Waals surface area contributed by atoms with Crippen molar-refractivity contribution in [1.82, 2.24) is 0 Å². The van der Waals surface area contributed by atoms with Gasteiger partial charge in [0.15, 0.2) is 0 Å². The van der Waals surface area contributed by atoms with E-state index in [2.05, 4.69) is 0 Å². The number of hydrogen-bond donors (Lipinski definition) is 1. The van der Waals surface area contributed by atoms with Crippen molar-refractivity contribution in [3.63, 3.8) is 0 Å². The lowest BCUT2D eigenvalue weighted by atomic mass is 9.77. The number of methoxy groups -OCH3 is 1. The maximum absolute atomic E-state index is 9.72. The van der Waals surface area contributed by atoms with Crippen LogP contribution >= 0.6 is 0 Å². The predicted octanol–water partition coefficient (Wildman–Crippen LogP) is 2.72. The summed E-state index contributed by atoms with van der Waals surface area (Å²) in [5.41, 5.74) is 0.796. The Morgan fingerprint density at radius 3 is 2.17 bits per heavy atom. The van der Waals surface area contributed by atoms with Crippen LogP contribution in [0.25, 0.3) is 6.08 Å². The molecule has 1 aromatic rings. The average molecular weight is 334 g/mol. The zero-order valence-corrected chi connectivity index (χ0v) is 15.2. The fourth-order valence-corrected chi connectivity index (χ4v) is 2.30. The van der Waals surface area contributed by atoms with Gasteiger partial charge in [0, 0.05) is 7.11 Å². The molecule has 1 aliphatic rings. The van der Waals surface area contributed by atoms with Crippen molar-refractivity contribution in [1.29, 1.82) is 0 Å². The van der Waals surface area contributed by atoms with Gasteiger partial charge in [0.1, 0.15) is 12.4 Å². The zero-order chi connectivity index (χ0) is 17.8. The topological polar surface area (TPSA) is 57.2 Å². The highest BCUT2D eigenvalue weighted by Crippen LogP contribution is 2.38. The normalized spacial score (nSPS) is 19.6. The van der Waals surface area contributed by atoms with Gasteiger partial charge in [-0.25, -0.2) is 0 Å². The third-order valence-electron chi connectivity index (χ3n) is 4.53. The van der Waals surface area contributed by atoms with Crippen LogP contribution in [0.4, 0.5) is 0 Å². The summed E-state index contributed by atoms with van der Waals surface area (Å²) in [4.78, 5) is 0. The second-order valence-electron chi connectivity index (χ2n) is 6.88. The highest BCUT2D eigenvalue weighted by molar-refractivity contribution is 6.55. The molecule has 0 atom stereocenters. The smallest absolute Gasteiger partial charge is 0.491 e. The molecule has 0 saturated carbocycles. The van der Waals surface area contributed by atoms with Gasteiger partial charge in [-0.1, -0.05) is 18.2 Å². The molecule has 0 spiro atoms. The second kappa shape index (κ2) is 7.70. The van der Waals surface area contributed by atoms with Crippen molar-refractivity contribution in [2.75, 3.05) is 26.9 Å². The van der Waals surface area contributed by atoms with Crippen molar-refractivity contribution < 1.29 is 23.9 Å². The summed E-state index contributed by atoms with van der Waals surface area (Å²) in [5.74, 6) is 0.783. The maximum Gasteiger partial charge on any atom is 0.492 e. The van der Waals surface area contributed by atoms with Crippen LogP contribution in [0.2, 0.25) is 0 Å². The molecule has 1 aromatic carbocycles. The Morgan fingerprint density at radius 2 is 1.67 bits per heavy atom. The van der Waals surface area contributed by atoms with Gasteiger partial charge in [-0.15, -0.1) is 0 Å². The van der Waals surface area contributed by atoms with Gasteiger partial charge < -0.3 is 23.9 Å². The standard InChI is InChI=1S/C18H27BO5/c1-17(2)18(3,4)24-19(23-17)15(13-20)12-14-6-8-16(9-7-14)22-11-10-21-5/h6-9,12,20H,10-11,13H2,1-5H3. The number of rotatable bonds is 7. The van der Waals surface area contributed by atoms with Crippen LogP contribution in [0.3, 0.4) is 0 Å². The third kappa shape index (κ3) is 4.39. The van der Waals surface area contributed by atoms with E-state index >= 15 is 0 Å². The number of aliphatic hydroxyl groups excluding tert-OH is 1. The first-order valence-corrected chi connectivity index (χ1v) is 8.18. The van der Waals surface area contributed by atoms with Gasteiger partial charge in [-0.2, -0.15) is 0 Å².